The average molecular weight is 516 g/mol. The first-order chi connectivity index (χ1) is 14.0. The molecule has 0 spiro atoms. The number of nitrogens with one attached hydrogen (secondary N) is 1. The normalized spacial score (nSPS) is 18.9. The molecule has 4 nitrogen and oxygen atoms in total. The zero-order valence-corrected chi connectivity index (χ0v) is 18.9. The lowest BCUT2D eigenvalue weighted by atomic mass is 9.93. The number of rotatable bonds is 4. The zero-order chi connectivity index (χ0) is 20.4. The number of phenols is 1. The highest BCUT2D eigenvalue weighted by atomic mass is 79.9. The smallest absolute Gasteiger partial charge is 0.126 e. The van der Waals surface area contributed by atoms with Gasteiger partial charge in [0.2, 0.25) is 0 Å². The van der Waals surface area contributed by atoms with Crippen molar-refractivity contribution in [2.24, 2.45) is 4.99 Å². The van der Waals surface area contributed by atoms with E-state index in [1.165, 1.54) is 0 Å². The van der Waals surface area contributed by atoms with E-state index in [2.05, 4.69) is 49.3 Å². The van der Waals surface area contributed by atoms with E-state index in [-0.39, 0.29) is 18.0 Å². The van der Waals surface area contributed by atoms with E-state index in [1.54, 1.807) is 13.2 Å². The molecule has 1 aliphatic heterocycles. The van der Waals surface area contributed by atoms with Crippen LogP contribution in [0.2, 0.25) is 0 Å². The van der Waals surface area contributed by atoms with Crippen LogP contribution in [0.3, 0.4) is 0 Å². The van der Waals surface area contributed by atoms with Gasteiger partial charge in [0.25, 0.3) is 0 Å². The van der Waals surface area contributed by atoms with Crippen LogP contribution < -0.4 is 10.1 Å². The SMILES string of the molecule is COc1cccc(C2=N[C@@H](c3ccc(Br)cc3)N[C@H](c3cc(Br)ccc3O)C2)c1. The Hall–Kier alpha value is -2.15. The number of hydrogen-bond donors (Lipinski definition) is 2. The van der Waals surface area contributed by atoms with Gasteiger partial charge in [-0.3, -0.25) is 10.3 Å². The molecule has 0 saturated heterocycles. The third-order valence-corrected chi connectivity index (χ3v) is 6.02. The van der Waals surface area contributed by atoms with Gasteiger partial charge in [-0.2, -0.15) is 0 Å². The molecule has 3 aromatic rings. The Kier molecular flexibility index (Phi) is 6.04. The first-order valence-corrected chi connectivity index (χ1v) is 10.8. The minimum absolute atomic E-state index is 0.0835. The maximum atomic E-state index is 10.5. The fourth-order valence-corrected chi connectivity index (χ4v) is 4.15. The molecule has 0 amide bonds. The van der Waals surface area contributed by atoms with E-state index in [0.717, 1.165) is 37.1 Å². The van der Waals surface area contributed by atoms with Crippen molar-refractivity contribution >= 4 is 37.6 Å². The summed E-state index contributed by atoms with van der Waals surface area (Å²) in [4.78, 5) is 5.00. The summed E-state index contributed by atoms with van der Waals surface area (Å²) < 4.78 is 7.35. The Balaban J connectivity index is 1.77. The lowest BCUT2D eigenvalue weighted by molar-refractivity contribution is 0.410. The third-order valence-electron chi connectivity index (χ3n) is 5.00. The van der Waals surface area contributed by atoms with Crippen molar-refractivity contribution in [2.75, 3.05) is 7.11 Å². The Labute approximate surface area is 186 Å². The van der Waals surface area contributed by atoms with Crippen molar-refractivity contribution in [1.29, 1.82) is 0 Å². The van der Waals surface area contributed by atoms with Gasteiger partial charge in [-0.15, -0.1) is 0 Å². The van der Waals surface area contributed by atoms with Crippen LogP contribution in [-0.2, 0) is 0 Å². The molecular formula is C23H20Br2N2O2. The summed E-state index contributed by atoms with van der Waals surface area (Å²) in [6.07, 6.45) is 0.436. The van der Waals surface area contributed by atoms with Crippen molar-refractivity contribution < 1.29 is 9.84 Å². The molecule has 148 valence electrons. The van der Waals surface area contributed by atoms with Gasteiger partial charge in [0.1, 0.15) is 17.7 Å². The molecule has 2 atom stereocenters. The average Bonchev–Trinajstić information content (AvgIpc) is 2.75. The molecule has 4 rings (SSSR count). The van der Waals surface area contributed by atoms with Gasteiger partial charge in [-0.05, 0) is 53.6 Å². The van der Waals surface area contributed by atoms with Crippen molar-refractivity contribution in [3.8, 4) is 11.5 Å². The van der Waals surface area contributed by atoms with Crippen LogP contribution in [-0.4, -0.2) is 17.9 Å². The van der Waals surface area contributed by atoms with E-state index >= 15 is 0 Å². The van der Waals surface area contributed by atoms with Gasteiger partial charge < -0.3 is 9.84 Å². The summed E-state index contributed by atoms with van der Waals surface area (Å²) in [5.41, 5.74) is 3.90. The van der Waals surface area contributed by atoms with Crippen molar-refractivity contribution in [1.82, 2.24) is 5.32 Å². The predicted molar refractivity (Wildman–Crippen MR) is 123 cm³/mol. The van der Waals surface area contributed by atoms with E-state index < -0.39 is 0 Å². The molecule has 0 unspecified atom stereocenters. The standard InChI is InChI=1S/C23H20Br2N2O2/c1-29-18-4-2-3-15(11-18)20-13-21(19-12-17(25)9-10-22(19)28)27-23(26-20)14-5-7-16(24)8-6-14/h2-12,21,23,27-28H,13H2,1H3/t21-,23+/m0/s1. The summed E-state index contributed by atoms with van der Waals surface area (Å²) >= 11 is 7.01. The number of hydrogen-bond acceptors (Lipinski definition) is 4. The molecule has 0 saturated carbocycles. The van der Waals surface area contributed by atoms with Crippen molar-refractivity contribution in [2.45, 2.75) is 18.6 Å². The molecule has 1 aliphatic rings. The van der Waals surface area contributed by atoms with E-state index in [1.807, 2.05) is 48.5 Å². The highest BCUT2D eigenvalue weighted by Crippen LogP contribution is 2.36. The Bertz CT molecular complexity index is 1050. The van der Waals surface area contributed by atoms with Crippen LogP contribution in [0.25, 0.3) is 0 Å². The Morgan fingerprint density at radius 3 is 2.52 bits per heavy atom. The molecule has 3 aromatic carbocycles. The molecule has 2 N–H and O–H groups in total. The lowest BCUT2D eigenvalue weighted by Gasteiger charge is -2.31. The van der Waals surface area contributed by atoms with Crippen LogP contribution in [0, 0.1) is 0 Å². The monoisotopic (exact) mass is 514 g/mol. The fraction of sp³-hybridized carbons (Fsp3) is 0.174. The van der Waals surface area contributed by atoms with Gasteiger partial charge in [-0.25, -0.2) is 0 Å². The highest BCUT2D eigenvalue weighted by molar-refractivity contribution is 9.10. The summed E-state index contributed by atoms with van der Waals surface area (Å²) in [6, 6.07) is 21.5. The largest absolute Gasteiger partial charge is 0.508 e. The van der Waals surface area contributed by atoms with E-state index in [4.69, 9.17) is 9.73 Å². The molecule has 6 heteroatoms. The van der Waals surface area contributed by atoms with Crippen molar-refractivity contribution in [3.05, 3.63) is 92.4 Å². The number of ether oxygens (including phenoxy) is 1. The second-order valence-corrected chi connectivity index (χ2v) is 8.72. The molecule has 0 radical (unpaired) electrons. The number of nitrogens with zero attached hydrogens (tertiary/aromatic N) is 1. The van der Waals surface area contributed by atoms with Gasteiger partial charge in [0, 0.05) is 32.7 Å². The minimum Gasteiger partial charge on any atom is -0.508 e. The third kappa shape index (κ3) is 4.55. The van der Waals surface area contributed by atoms with Crippen LogP contribution in [0.15, 0.2) is 80.7 Å². The molecule has 0 bridgehead atoms. The van der Waals surface area contributed by atoms with E-state index in [9.17, 15) is 5.11 Å². The summed E-state index contributed by atoms with van der Waals surface area (Å²) in [5, 5.41) is 14.1. The van der Waals surface area contributed by atoms with Crippen molar-refractivity contribution in [3.63, 3.8) is 0 Å². The molecule has 29 heavy (non-hydrogen) atoms. The summed E-state index contributed by atoms with van der Waals surface area (Å²) in [6.45, 7) is 0. The van der Waals surface area contributed by atoms with Crippen LogP contribution >= 0.6 is 31.9 Å². The van der Waals surface area contributed by atoms with Gasteiger partial charge in [-0.1, -0.05) is 56.1 Å². The van der Waals surface area contributed by atoms with Gasteiger partial charge >= 0.3 is 0 Å². The topological polar surface area (TPSA) is 53.8 Å². The summed E-state index contributed by atoms with van der Waals surface area (Å²) in [7, 11) is 1.66. The quantitative estimate of drug-likeness (QED) is 0.438. The molecule has 0 aromatic heterocycles. The molecular weight excluding hydrogens is 496 g/mol. The first-order valence-electron chi connectivity index (χ1n) is 9.24. The number of halogens is 2. The second-order valence-electron chi connectivity index (χ2n) is 6.89. The maximum Gasteiger partial charge on any atom is 0.126 e. The molecule has 0 fully saturated rings. The van der Waals surface area contributed by atoms with Crippen LogP contribution in [0.1, 0.15) is 35.3 Å². The van der Waals surface area contributed by atoms with Crippen LogP contribution in [0.5, 0.6) is 11.5 Å². The van der Waals surface area contributed by atoms with Gasteiger partial charge in [0.15, 0.2) is 0 Å². The lowest BCUT2D eigenvalue weighted by Crippen LogP contribution is -2.33. The molecule has 1 heterocycles. The van der Waals surface area contributed by atoms with E-state index in [0.29, 0.717) is 6.42 Å². The zero-order valence-electron chi connectivity index (χ0n) is 15.8. The Morgan fingerprint density at radius 2 is 1.76 bits per heavy atom. The second kappa shape index (κ2) is 8.69. The highest BCUT2D eigenvalue weighted by Gasteiger charge is 2.28. The maximum absolute atomic E-state index is 10.5. The fourth-order valence-electron chi connectivity index (χ4n) is 3.50. The minimum atomic E-state index is -0.221. The number of benzene rings is 3. The Morgan fingerprint density at radius 1 is 1.00 bits per heavy atom. The number of aliphatic imine (C=N–C) groups is 1. The predicted octanol–water partition coefficient (Wildman–Crippen LogP) is 6.15. The number of aromatic hydroxyl groups is 1. The molecule has 0 aliphatic carbocycles. The van der Waals surface area contributed by atoms with Gasteiger partial charge in [0.05, 0.1) is 7.11 Å². The number of phenolic OH excluding ortho intramolecular Hbond substituents is 1. The summed E-state index contributed by atoms with van der Waals surface area (Å²) in [5.74, 6) is 1.07. The number of methoxy groups -OCH3 is 1. The first kappa shape index (κ1) is 20.1. The van der Waals surface area contributed by atoms with Crippen LogP contribution in [0.4, 0.5) is 0 Å².